The summed E-state index contributed by atoms with van der Waals surface area (Å²) in [6.07, 6.45) is 1.91. The predicted octanol–water partition coefficient (Wildman–Crippen LogP) is 3.08. The highest BCUT2D eigenvalue weighted by Gasteiger charge is 2.11. The van der Waals surface area contributed by atoms with Crippen LogP contribution in [0.25, 0.3) is 0 Å². The first-order valence-electron chi connectivity index (χ1n) is 5.25. The molecule has 0 spiro atoms. The number of aliphatic hydroxyl groups excluding tert-OH is 1. The molecule has 0 aromatic heterocycles. The lowest BCUT2D eigenvalue weighted by molar-refractivity contribution is 0.164. The number of aliphatic hydroxyl groups is 1. The number of ether oxygens (including phenoxy) is 1. The van der Waals surface area contributed by atoms with Crippen LogP contribution in [0.2, 0.25) is 0 Å². The lowest BCUT2D eigenvalue weighted by atomic mass is 10.1. The van der Waals surface area contributed by atoms with Gasteiger partial charge >= 0.3 is 0 Å². The molecule has 15 heavy (non-hydrogen) atoms. The lowest BCUT2D eigenvalue weighted by Gasteiger charge is -2.17. The Labute approximate surface area is 91.2 Å². The Morgan fingerprint density at radius 3 is 2.73 bits per heavy atom. The maximum absolute atomic E-state index is 9.79. The van der Waals surface area contributed by atoms with Gasteiger partial charge < -0.3 is 9.84 Å². The molecule has 0 aliphatic carbocycles. The highest BCUT2D eigenvalue weighted by Crippen LogP contribution is 2.27. The molecule has 2 heteroatoms. The molecule has 2 unspecified atom stereocenters. The van der Waals surface area contributed by atoms with Gasteiger partial charge in [-0.15, -0.1) is 0 Å². The van der Waals surface area contributed by atoms with Gasteiger partial charge in [0.1, 0.15) is 11.9 Å². The molecule has 1 N–H and O–H groups in total. The van der Waals surface area contributed by atoms with Crippen LogP contribution in [0.5, 0.6) is 5.75 Å². The topological polar surface area (TPSA) is 29.5 Å². The van der Waals surface area contributed by atoms with E-state index in [0.29, 0.717) is 6.42 Å². The highest BCUT2D eigenvalue weighted by molar-refractivity contribution is 5.35. The van der Waals surface area contributed by atoms with Gasteiger partial charge in [-0.25, -0.2) is 0 Å². The van der Waals surface area contributed by atoms with Crippen molar-refractivity contribution in [1.29, 1.82) is 0 Å². The Morgan fingerprint density at radius 2 is 2.13 bits per heavy atom. The van der Waals surface area contributed by atoms with E-state index >= 15 is 0 Å². The van der Waals surface area contributed by atoms with Crippen LogP contribution in [0, 0.1) is 0 Å². The van der Waals surface area contributed by atoms with Crippen molar-refractivity contribution in [2.75, 3.05) is 0 Å². The summed E-state index contributed by atoms with van der Waals surface area (Å²) in [5.41, 5.74) is 0.841. The summed E-state index contributed by atoms with van der Waals surface area (Å²) in [4.78, 5) is 0. The quantitative estimate of drug-likeness (QED) is 0.750. The molecule has 0 saturated carbocycles. The van der Waals surface area contributed by atoms with Gasteiger partial charge in [-0.3, -0.25) is 0 Å². The van der Waals surface area contributed by atoms with E-state index in [0.717, 1.165) is 11.3 Å². The summed E-state index contributed by atoms with van der Waals surface area (Å²) in [6.45, 7) is 7.53. The van der Waals surface area contributed by atoms with Gasteiger partial charge in [-0.05, 0) is 19.4 Å². The van der Waals surface area contributed by atoms with Gasteiger partial charge in [-0.2, -0.15) is 0 Å². The molecule has 0 bridgehead atoms. The number of hydrogen-bond donors (Lipinski definition) is 1. The average molecular weight is 206 g/mol. The van der Waals surface area contributed by atoms with Crippen LogP contribution >= 0.6 is 0 Å². The minimum Gasteiger partial charge on any atom is -0.486 e. The highest BCUT2D eigenvalue weighted by atomic mass is 16.5. The first-order valence-corrected chi connectivity index (χ1v) is 5.25. The predicted molar refractivity (Wildman–Crippen MR) is 62.0 cm³/mol. The third-order valence-corrected chi connectivity index (χ3v) is 2.31. The molecule has 2 atom stereocenters. The van der Waals surface area contributed by atoms with E-state index in [4.69, 9.17) is 4.74 Å². The van der Waals surface area contributed by atoms with Gasteiger partial charge in [0.2, 0.25) is 0 Å². The maximum Gasteiger partial charge on any atom is 0.125 e. The number of benzene rings is 1. The maximum atomic E-state index is 9.79. The lowest BCUT2D eigenvalue weighted by Crippen LogP contribution is -2.10. The molecule has 0 saturated heterocycles. The van der Waals surface area contributed by atoms with Gasteiger partial charge in [0.25, 0.3) is 0 Å². The van der Waals surface area contributed by atoms with Crippen LogP contribution in [0.1, 0.15) is 31.9 Å². The zero-order valence-corrected chi connectivity index (χ0v) is 9.31. The van der Waals surface area contributed by atoms with E-state index in [2.05, 4.69) is 6.58 Å². The molecule has 0 aliphatic rings. The molecule has 0 aliphatic heterocycles. The second-order valence-corrected chi connectivity index (χ2v) is 3.52. The second-order valence-electron chi connectivity index (χ2n) is 3.52. The third kappa shape index (κ3) is 3.10. The van der Waals surface area contributed by atoms with Crippen LogP contribution in [0.3, 0.4) is 0 Å². The molecular formula is C13H18O2. The van der Waals surface area contributed by atoms with Crippen molar-refractivity contribution in [2.24, 2.45) is 0 Å². The average Bonchev–Trinajstić information content (AvgIpc) is 2.28. The Morgan fingerprint density at radius 1 is 1.47 bits per heavy atom. The van der Waals surface area contributed by atoms with Crippen LogP contribution in [0.15, 0.2) is 36.9 Å². The molecule has 2 nitrogen and oxygen atoms in total. The van der Waals surface area contributed by atoms with Crippen LogP contribution in [-0.2, 0) is 0 Å². The van der Waals surface area contributed by atoms with Crippen LogP contribution < -0.4 is 4.74 Å². The number of rotatable bonds is 5. The van der Waals surface area contributed by atoms with Gasteiger partial charge in [-0.1, -0.05) is 37.8 Å². The standard InChI is InChI=1S/C13H18O2/c1-4-10(3)15-13-9-7-6-8-11(13)12(14)5-2/h4,6-10,12,14H,1,5H2,2-3H3. The van der Waals surface area contributed by atoms with E-state index in [-0.39, 0.29) is 6.10 Å². The summed E-state index contributed by atoms with van der Waals surface area (Å²) < 4.78 is 5.64. The first-order chi connectivity index (χ1) is 7.19. The summed E-state index contributed by atoms with van der Waals surface area (Å²) in [5.74, 6) is 0.735. The summed E-state index contributed by atoms with van der Waals surface area (Å²) >= 11 is 0. The first kappa shape index (κ1) is 11.8. The Hall–Kier alpha value is -1.28. The van der Waals surface area contributed by atoms with Crippen molar-refractivity contribution in [3.63, 3.8) is 0 Å². The third-order valence-electron chi connectivity index (χ3n) is 2.31. The number of para-hydroxylation sites is 1. The zero-order chi connectivity index (χ0) is 11.3. The van der Waals surface area contributed by atoms with Crippen molar-refractivity contribution in [3.8, 4) is 5.75 Å². The molecule has 1 rings (SSSR count). The van der Waals surface area contributed by atoms with Crippen molar-refractivity contribution >= 4 is 0 Å². The van der Waals surface area contributed by atoms with Gasteiger partial charge in [0.05, 0.1) is 6.10 Å². The summed E-state index contributed by atoms with van der Waals surface area (Å²) in [6, 6.07) is 7.56. The largest absolute Gasteiger partial charge is 0.486 e. The second kappa shape index (κ2) is 5.56. The van der Waals surface area contributed by atoms with Crippen LogP contribution in [-0.4, -0.2) is 11.2 Å². The summed E-state index contributed by atoms with van der Waals surface area (Å²) in [7, 11) is 0. The summed E-state index contributed by atoms with van der Waals surface area (Å²) in [5, 5.41) is 9.79. The normalized spacial score (nSPS) is 14.3. The molecule has 0 fully saturated rings. The zero-order valence-electron chi connectivity index (χ0n) is 9.31. The van der Waals surface area contributed by atoms with Gasteiger partial charge in [0, 0.05) is 5.56 Å². The Kier molecular flexibility index (Phi) is 4.37. The molecule has 82 valence electrons. The van der Waals surface area contributed by atoms with Crippen molar-refractivity contribution in [2.45, 2.75) is 32.5 Å². The van der Waals surface area contributed by atoms with Crippen molar-refractivity contribution < 1.29 is 9.84 Å². The van der Waals surface area contributed by atoms with E-state index < -0.39 is 6.10 Å². The Balaban J connectivity index is 2.90. The fraction of sp³-hybridized carbons (Fsp3) is 0.385. The molecule has 1 aromatic carbocycles. The molecular weight excluding hydrogens is 188 g/mol. The molecule has 0 radical (unpaired) electrons. The fourth-order valence-corrected chi connectivity index (χ4v) is 1.33. The molecule has 0 heterocycles. The van der Waals surface area contributed by atoms with E-state index in [1.807, 2.05) is 38.1 Å². The SMILES string of the molecule is C=CC(C)Oc1ccccc1C(O)CC. The monoisotopic (exact) mass is 206 g/mol. The van der Waals surface area contributed by atoms with Crippen LogP contribution in [0.4, 0.5) is 0 Å². The minimum absolute atomic E-state index is 0.0461. The molecule has 0 amide bonds. The van der Waals surface area contributed by atoms with Crippen molar-refractivity contribution in [1.82, 2.24) is 0 Å². The number of hydrogen-bond acceptors (Lipinski definition) is 2. The van der Waals surface area contributed by atoms with E-state index in [9.17, 15) is 5.11 Å². The molecule has 1 aromatic rings. The minimum atomic E-state index is -0.460. The van der Waals surface area contributed by atoms with E-state index in [1.54, 1.807) is 6.08 Å². The fourth-order valence-electron chi connectivity index (χ4n) is 1.33. The van der Waals surface area contributed by atoms with E-state index in [1.165, 1.54) is 0 Å². The smallest absolute Gasteiger partial charge is 0.125 e. The van der Waals surface area contributed by atoms with Crippen molar-refractivity contribution in [3.05, 3.63) is 42.5 Å². The Bertz CT molecular complexity index is 320. The van der Waals surface area contributed by atoms with Gasteiger partial charge in [0.15, 0.2) is 0 Å².